The second-order valence-electron chi connectivity index (χ2n) is 4.59. The maximum Gasteiger partial charge on any atom is 0.309 e. The van der Waals surface area contributed by atoms with Crippen LogP contribution in [0, 0.1) is 11.7 Å². The molecule has 0 radical (unpaired) electrons. The number of aliphatic hydroxyl groups is 1. The predicted octanol–water partition coefficient (Wildman–Crippen LogP) is 0.282. The highest BCUT2D eigenvalue weighted by molar-refractivity contribution is 7.89. The van der Waals surface area contributed by atoms with Crippen molar-refractivity contribution in [3.05, 3.63) is 30.1 Å². The first-order valence-corrected chi connectivity index (χ1v) is 7.43. The van der Waals surface area contributed by atoms with E-state index >= 15 is 0 Å². The van der Waals surface area contributed by atoms with E-state index in [9.17, 15) is 22.7 Å². The van der Waals surface area contributed by atoms with Crippen LogP contribution in [0.15, 0.2) is 29.2 Å². The number of halogens is 1. The van der Waals surface area contributed by atoms with Crippen LogP contribution in [-0.2, 0) is 14.8 Å². The van der Waals surface area contributed by atoms with Crippen molar-refractivity contribution in [1.29, 1.82) is 0 Å². The van der Waals surface area contributed by atoms with Crippen LogP contribution < -0.4 is 0 Å². The standard InChI is InChI=1S/C12H14FNO5S/c13-9-3-1-2-4-11(9)20(18,19)14-6-5-8(12(16)17)10(15)7-14/h1-4,8,10,15H,5-7H2,(H,16,17)/t8-,10+/m0/s1. The Hall–Kier alpha value is -1.51. The molecule has 0 spiro atoms. The summed E-state index contributed by atoms with van der Waals surface area (Å²) in [7, 11) is -4.07. The Morgan fingerprint density at radius 1 is 1.35 bits per heavy atom. The first kappa shape index (κ1) is 14.9. The second-order valence-corrected chi connectivity index (χ2v) is 6.50. The number of hydrogen-bond acceptors (Lipinski definition) is 4. The molecule has 1 saturated heterocycles. The molecule has 20 heavy (non-hydrogen) atoms. The van der Waals surface area contributed by atoms with E-state index in [1.54, 1.807) is 0 Å². The Balaban J connectivity index is 2.25. The molecule has 1 aliphatic rings. The van der Waals surface area contributed by atoms with Crippen LogP contribution >= 0.6 is 0 Å². The van der Waals surface area contributed by atoms with E-state index in [2.05, 4.69) is 0 Å². The summed E-state index contributed by atoms with van der Waals surface area (Å²) in [6.07, 6.45) is -1.31. The summed E-state index contributed by atoms with van der Waals surface area (Å²) >= 11 is 0. The van der Waals surface area contributed by atoms with Crippen molar-refractivity contribution in [3.63, 3.8) is 0 Å². The van der Waals surface area contributed by atoms with Crippen molar-refractivity contribution >= 4 is 16.0 Å². The topological polar surface area (TPSA) is 94.9 Å². The van der Waals surface area contributed by atoms with Gasteiger partial charge in [0.2, 0.25) is 10.0 Å². The molecule has 2 N–H and O–H groups in total. The third-order valence-corrected chi connectivity index (χ3v) is 5.21. The summed E-state index contributed by atoms with van der Waals surface area (Å²) in [5, 5.41) is 18.6. The number of piperidine rings is 1. The fourth-order valence-corrected chi connectivity index (χ4v) is 3.74. The van der Waals surface area contributed by atoms with Crippen molar-refractivity contribution in [3.8, 4) is 0 Å². The maximum absolute atomic E-state index is 13.6. The molecule has 0 saturated carbocycles. The first-order valence-electron chi connectivity index (χ1n) is 5.99. The summed E-state index contributed by atoms with van der Waals surface area (Å²) in [5.74, 6) is -3.04. The van der Waals surface area contributed by atoms with E-state index in [0.29, 0.717) is 0 Å². The molecule has 0 aliphatic carbocycles. The second kappa shape index (κ2) is 5.47. The molecule has 1 aromatic rings. The SMILES string of the molecule is O=C(O)[C@H]1CCN(S(=O)(=O)c2ccccc2F)C[C@H]1O. The molecule has 1 aliphatic heterocycles. The number of aliphatic hydroxyl groups excluding tert-OH is 1. The molecule has 0 amide bonds. The van der Waals surface area contributed by atoms with Gasteiger partial charge in [0, 0.05) is 13.1 Å². The van der Waals surface area contributed by atoms with Gasteiger partial charge in [0.25, 0.3) is 0 Å². The van der Waals surface area contributed by atoms with E-state index in [1.807, 2.05) is 0 Å². The summed E-state index contributed by atoms with van der Waals surface area (Å²) in [6, 6.07) is 4.95. The summed E-state index contributed by atoms with van der Waals surface area (Å²) in [4.78, 5) is 10.4. The Kier molecular flexibility index (Phi) is 4.07. The van der Waals surface area contributed by atoms with Gasteiger partial charge < -0.3 is 10.2 Å². The highest BCUT2D eigenvalue weighted by Crippen LogP contribution is 2.25. The Bertz CT molecular complexity index is 618. The van der Waals surface area contributed by atoms with Crippen LogP contribution in [0.25, 0.3) is 0 Å². The van der Waals surface area contributed by atoms with Crippen molar-refractivity contribution < 1.29 is 27.8 Å². The van der Waals surface area contributed by atoms with E-state index in [0.717, 1.165) is 16.4 Å². The molecule has 0 unspecified atom stereocenters. The Morgan fingerprint density at radius 3 is 2.55 bits per heavy atom. The monoisotopic (exact) mass is 303 g/mol. The minimum Gasteiger partial charge on any atom is -0.481 e. The van der Waals surface area contributed by atoms with Gasteiger partial charge in [-0.2, -0.15) is 4.31 Å². The average Bonchev–Trinajstić information content (AvgIpc) is 2.38. The third kappa shape index (κ3) is 2.67. The largest absolute Gasteiger partial charge is 0.481 e. The normalized spacial score (nSPS) is 24.5. The zero-order chi connectivity index (χ0) is 14.9. The van der Waals surface area contributed by atoms with Crippen LogP contribution in [0.3, 0.4) is 0 Å². The van der Waals surface area contributed by atoms with Crippen LogP contribution in [0.1, 0.15) is 6.42 Å². The maximum atomic E-state index is 13.6. The Morgan fingerprint density at radius 2 is 2.00 bits per heavy atom. The van der Waals surface area contributed by atoms with Gasteiger partial charge in [-0.05, 0) is 18.6 Å². The lowest BCUT2D eigenvalue weighted by atomic mass is 9.95. The molecule has 1 fully saturated rings. The number of carboxylic acid groups (broad SMARTS) is 1. The van der Waals surface area contributed by atoms with Gasteiger partial charge in [-0.25, -0.2) is 12.8 Å². The minimum absolute atomic E-state index is 0.00974. The lowest BCUT2D eigenvalue weighted by Gasteiger charge is -2.33. The molecule has 1 aromatic carbocycles. The first-order chi connectivity index (χ1) is 9.34. The van der Waals surface area contributed by atoms with Crippen molar-refractivity contribution in [2.45, 2.75) is 17.4 Å². The van der Waals surface area contributed by atoms with E-state index < -0.39 is 38.7 Å². The van der Waals surface area contributed by atoms with Gasteiger partial charge in [-0.3, -0.25) is 4.79 Å². The highest BCUT2D eigenvalue weighted by atomic mass is 32.2. The molecule has 2 atom stereocenters. The van der Waals surface area contributed by atoms with Gasteiger partial charge >= 0.3 is 5.97 Å². The summed E-state index contributed by atoms with van der Waals surface area (Å²) in [5.41, 5.74) is 0. The van der Waals surface area contributed by atoms with Gasteiger partial charge in [0.1, 0.15) is 10.7 Å². The molecule has 1 heterocycles. The third-order valence-electron chi connectivity index (χ3n) is 3.32. The molecule has 0 aromatic heterocycles. The lowest BCUT2D eigenvalue weighted by Crippen LogP contribution is -2.48. The van der Waals surface area contributed by atoms with Crippen molar-refractivity contribution in [2.75, 3.05) is 13.1 Å². The number of benzene rings is 1. The fourth-order valence-electron chi connectivity index (χ4n) is 2.20. The smallest absolute Gasteiger partial charge is 0.309 e. The number of sulfonamides is 1. The number of β-amino-alcohol motifs (C(OH)–C–C–N with tert-alkyl or cyclic N) is 1. The molecular weight excluding hydrogens is 289 g/mol. The predicted molar refractivity (Wildman–Crippen MR) is 66.9 cm³/mol. The molecule has 2 rings (SSSR count). The van der Waals surface area contributed by atoms with Crippen LogP contribution in [0.2, 0.25) is 0 Å². The van der Waals surface area contributed by atoms with E-state index in [1.165, 1.54) is 12.1 Å². The van der Waals surface area contributed by atoms with Gasteiger partial charge in [0.05, 0.1) is 12.0 Å². The number of carbonyl (C=O) groups is 1. The van der Waals surface area contributed by atoms with Crippen LogP contribution in [0.5, 0.6) is 0 Å². The van der Waals surface area contributed by atoms with Crippen LogP contribution in [-0.4, -0.2) is 48.1 Å². The number of hydrogen-bond donors (Lipinski definition) is 2. The number of rotatable bonds is 3. The number of aliphatic carboxylic acids is 1. The van der Waals surface area contributed by atoms with Gasteiger partial charge in [-0.1, -0.05) is 12.1 Å². The molecule has 8 heteroatoms. The minimum atomic E-state index is -4.07. The van der Waals surface area contributed by atoms with Crippen molar-refractivity contribution in [2.24, 2.45) is 5.92 Å². The van der Waals surface area contributed by atoms with Crippen molar-refractivity contribution in [1.82, 2.24) is 4.31 Å². The van der Waals surface area contributed by atoms with E-state index in [-0.39, 0.29) is 19.5 Å². The quantitative estimate of drug-likeness (QED) is 0.836. The molecular formula is C12H14FNO5S. The van der Waals surface area contributed by atoms with Gasteiger partial charge in [-0.15, -0.1) is 0 Å². The zero-order valence-electron chi connectivity index (χ0n) is 10.4. The fraction of sp³-hybridized carbons (Fsp3) is 0.417. The summed E-state index contributed by atoms with van der Waals surface area (Å²) < 4.78 is 39.0. The number of nitrogens with zero attached hydrogens (tertiary/aromatic N) is 1. The lowest BCUT2D eigenvalue weighted by molar-refractivity contribution is -0.147. The van der Waals surface area contributed by atoms with Crippen LogP contribution in [0.4, 0.5) is 4.39 Å². The Labute approximate surface area is 115 Å². The average molecular weight is 303 g/mol. The number of carboxylic acids is 1. The summed E-state index contributed by atoms with van der Waals surface area (Å²) in [6.45, 7) is -0.418. The zero-order valence-corrected chi connectivity index (χ0v) is 11.3. The molecule has 110 valence electrons. The van der Waals surface area contributed by atoms with E-state index in [4.69, 9.17) is 5.11 Å². The molecule has 6 nitrogen and oxygen atoms in total. The molecule has 0 bridgehead atoms. The van der Waals surface area contributed by atoms with Gasteiger partial charge in [0.15, 0.2) is 0 Å². The highest BCUT2D eigenvalue weighted by Gasteiger charge is 2.38.